The molecule has 3 heteroatoms. The molecule has 2 N–H and O–H groups in total. The van der Waals surface area contributed by atoms with E-state index in [1.54, 1.807) is 0 Å². The Morgan fingerprint density at radius 3 is 2.52 bits per heavy atom. The average molecular weight is 296 g/mol. The molecule has 0 radical (unpaired) electrons. The minimum atomic E-state index is 0.311. The lowest BCUT2D eigenvalue weighted by molar-refractivity contribution is 0.0932. The standard InChI is InChI=1S/C18H36N2O/c1-3-6-15-9-10-18(19-2)16(13-15)14-20(11-12-21)17-7-4-5-8-17/h15-19,21H,3-14H2,1-2H3. The van der Waals surface area contributed by atoms with Crippen LogP contribution in [0.1, 0.15) is 64.7 Å². The van der Waals surface area contributed by atoms with Crippen molar-refractivity contribution < 1.29 is 5.11 Å². The van der Waals surface area contributed by atoms with Gasteiger partial charge in [0.1, 0.15) is 0 Å². The zero-order chi connectivity index (χ0) is 15.1. The Morgan fingerprint density at radius 1 is 1.14 bits per heavy atom. The summed E-state index contributed by atoms with van der Waals surface area (Å²) in [6, 6.07) is 1.42. The number of rotatable bonds is 8. The molecule has 0 aromatic carbocycles. The van der Waals surface area contributed by atoms with Gasteiger partial charge in [0.05, 0.1) is 6.61 Å². The van der Waals surface area contributed by atoms with Crippen LogP contribution in [0.2, 0.25) is 0 Å². The number of hydrogen-bond acceptors (Lipinski definition) is 3. The van der Waals surface area contributed by atoms with Crippen LogP contribution in [0, 0.1) is 11.8 Å². The Morgan fingerprint density at radius 2 is 1.90 bits per heavy atom. The number of aliphatic hydroxyl groups is 1. The molecule has 0 aliphatic heterocycles. The average Bonchev–Trinajstić information content (AvgIpc) is 3.02. The predicted octanol–water partition coefficient (Wildman–Crippen LogP) is 3.03. The smallest absolute Gasteiger partial charge is 0.0558 e. The van der Waals surface area contributed by atoms with E-state index in [1.807, 2.05) is 0 Å². The first-order valence-electron chi connectivity index (χ1n) is 9.30. The van der Waals surface area contributed by atoms with Gasteiger partial charge in [0.25, 0.3) is 0 Å². The first kappa shape index (κ1) is 17.2. The molecule has 3 nitrogen and oxygen atoms in total. The van der Waals surface area contributed by atoms with Gasteiger partial charge >= 0.3 is 0 Å². The van der Waals surface area contributed by atoms with Gasteiger partial charge in [-0.3, -0.25) is 4.90 Å². The molecule has 0 saturated heterocycles. The van der Waals surface area contributed by atoms with Crippen LogP contribution in [-0.4, -0.2) is 48.8 Å². The molecule has 0 aromatic rings. The molecule has 2 saturated carbocycles. The lowest BCUT2D eigenvalue weighted by atomic mass is 9.76. The van der Waals surface area contributed by atoms with Crippen molar-refractivity contribution in [3.8, 4) is 0 Å². The Kier molecular flexibility index (Phi) is 7.48. The molecule has 3 unspecified atom stereocenters. The lowest BCUT2D eigenvalue weighted by Gasteiger charge is -2.40. The SMILES string of the molecule is CCCC1CCC(NC)C(CN(CCO)C2CCCC2)C1. The first-order chi connectivity index (χ1) is 10.3. The Balaban J connectivity index is 1.93. The van der Waals surface area contributed by atoms with Crippen molar-refractivity contribution >= 4 is 0 Å². The summed E-state index contributed by atoms with van der Waals surface area (Å²) in [7, 11) is 2.13. The van der Waals surface area contributed by atoms with Crippen molar-refractivity contribution in [3.63, 3.8) is 0 Å². The summed E-state index contributed by atoms with van der Waals surface area (Å²) in [5.41, 5.74) is 0. The van der Waals surface area contributed by atoms with E-state index in [-0.39, 0.29) is 0 Å². The second-order valence-corrected chi connectivity index (χ2v) is 7.28. The van der Waals surface area contributed by atoms with Crippen LogP contribution in [0.25, 0.3) is 0 Å². The molecule has 0 aromatic heterocycles. The summed E-state index contributed by atoms with van der Waals surface area (Å²) >= 11 is 0. The van der Waals surface area contributed by atoms with Crippen molar-refractivity contribution in [3.05, 3.63) is 0 Å². The summed E-state index contributed by atoms with van der Waals surface area (Å²) in [6.07, 6.45) is 12.3. The highest BCUT2D eigenvalue weighted by Gasteiger charge is 2.32. The lowest BCUT2D eigenvalue weighted by Crippen LogP contribution is -2.47. The number of nitrogens with zero attached hydrogens (tertiary/aromatic N) is 1. The van der Waals surface area contributed by atoms with E-state index in [2.05, 4.69) is 24.2 Å². The monoisotopic (exact) mass is 296 g/mol. The summed E-state index contributed by atoms with van der Waals surface area (Å²) in [4.78, 5) is 2.61. The minimum Gasteiger partial charge on any atom is -0.395 e. The highest BCUT2D eigenvalue weighted by molar-refractivity contribution is 4.88. The zero-order valence-corrected chi connectivity index (χ0v) is 14.2. The third-order valence-corrected chi connectivity index (χ3v) is 5.86. The van der Waals surface area contributed by atoms with Crippen molar-refractivity contribution in [2.24, 2.45) is 11.8 Å². The van der Waals surface area contributed by atoms with E-state index in [4.69, 9.17) is 0 Å². The Hall–Kier alpha value is -0.120. The quantitative estimate of drug-likeness (QED) is 0.723. The van der Waals surface area contributed by atoms with Crippen LogP contribution >= 0.6 is 0 Å². The normalized spacial score (nSPS) is 31.1. The van der Waals surface area contributed by atoms with Crippen LogP contribution in [-0.2, 0) is 0 Å². The van der Waals surface area contributed by atoms with Crippen LogP contribution in [0.4, 0.5) is 0 Å². The van der Waals surface area contributed by atoms with Crippen molar-refractivity contribution in [1.82, 2.24) is 10.2 Å². The molecule has 3 atom stereocenters. The maximum absolute atomic E-state index is 9.43. The summed E-state index contributed by atoms with van der Waals surface area (Å²) in [5, 5.41) is 13.0. The molecular weight excluding hydrogens is 260 g/mol. The van der Waals surface area contributed by atoms with Crippen molar-refractivity contribution in [2.45, 2.75) is 76.8 Å². The molecule has 2 fully saturated rings. The molecule has 21 heavy (non-hydrogen) atoms. The van der Waals surface area contributed by atoms with Gasteiger partial charge in [-0.15, -0.1) is 0 Å². The van der Waals surface area contributed by atoms with Crippen LogP contribution in [0.3, 0.4) is 0 Å². The van der Waals surface area contributed by atoms with Gasteiger partial charge in [0.2, 0.25) is 0 Å². The molecule has 0 bridgehead atoms. The molecule has 0 heterocycles. The fraction of sp³-hybridized carbons (Fsp3) is 1.00. The second kappa shape index (κ2) is 9.12. The number of aliphatic hydroxyl groups excluding tert-OH is 1. The molecule has 2 rings (SSSR count). The maximum Gasteiger partial charge on any atom is 0.0558 e. The van der Waals surface area contributed by atoms with Gasteiger partial charge in [-0.05, 0) is 51.0 Å². The number of nitrogens with one attached hydrogen (secondary N) is 1. The molecule has 0 spiro atoms. The highest BCUT2D eigenvalue weighted by atomic mass is 16.3. The van der Waals surface area contributed by atoms with Gasteiger partial charge in [-0.25, -0.2) is 0 Å². The zero-order valence-electron chi connectivity index (χ0n) is 14.2. The van der Waals surface area contributed by atoms with Gasteiger partial charge in [0, 0.05) is 25.2 Å². The maximum atomic E-state index is 9.43. The third kappa shape index (κ3) is 4.94. The van der Waals surface area contributed by atoms with Crippen molar-refractivity contribution in [1.29, 1.82) is 0 Å². The predicted molar refractivity (Wildman–Crippen MR) is 89.5 cm³/mol. The van der Waals surface area contributed by atoms with Crippen LogP contribution in [0.5, 0.6) is 0 Å². The molecule has 0 amide bonds. The molecule has 124 valence electrons. The van der Waals surface area contributed by atoms with Gasteiger partial charge < -0.3 is 10.4 Å². The van der Waals surface area contributed by atoms with E-state index >= 15 is 0 Å². The van der Waals surface area contributed by atoms with Gasteiger partial charge in [-0.2, -0.15) is 0 Å². The fourth-order valence-electron chi connectivity index (χ4n) is 4.74. The summed E-state index contributed by atoms with van der Waals surface area (Å²) in [6.45, 7) is 4.69. The van der Waals surface area contributed by atoms with E-state index in [0.717, 1.165) is 24.4 Å². The van der Waals surface area contributed by atoms with Gasteiger partial charge in [-0.1, -0.05) is 32.6 Å². The fourth-order valence-corrected chi connectivity index (χ4v) is 4.74. The largest absolute Gasteiger partial charge is 0.395 e. The molecular formula is C18H36N2O. The second-order valence-electron chi connectivity index (χ2n) is 7.28. The minimum absolute atomic E-state index is 0.311. The highest BCUT2D eigenvalue weighted by Crippen LogP contribution is 2.34. The number of hydrogen-bond donors (Lipinski definition) is 2. The van der Waals surface area contributed by atoms with E-state index in [1.165, 1.54) is 64.3 Å². The third-order valence-electron chi connectivity index (χ3n) is 5.86. The topological polar surface area (TPSA) is 35.5 Å². The molecule has 2 aliphatic carbocycles. The molecule has 2 aliphatic rings. The van der Waals surface area contributed by atoms with Crippen molar-refractivity contribution in [2.75, 3.05) is 26.7 Å². The first-order valence-corrected chi connectivity index (χ1v) is 9.30. The Labute approximate surface area is 131 Å². The van der Waals surface area contributed by atoms with Crippen LogP contribution < -0.4 is 5.32 Å². The van der Waals surface area contributed by atoms with Crippen LogP contribution in [0.15, 0.2) is 0 Å². The van der Waals surface area contributed by atoms with E-state index in [9.17, 15) is 5.11 Å². The summed E-state index contributed by atoms with van der Waals surface area (Å²) in [5.74, 6) is 1.71. The summed E-state index contributed by atoms with van der Waals surface area (Å²) < 4.78 is 0. The van der Waals surface area contributed by atoms with Gasteiger partial charge in [0.15, 0.2) is 0 Å². The van der Waals surface area contributed by atoms with E-state index < -0.39 is 0 Å². The Bertz CT molecular complexity index is 278. The van der Waals surface area contributed by atoms with E-state index in [0.29, 0.717) is 12.6 Å².